The molecule has 0 radical (unpaired) electrons. The molecule has 20 heavy (non-hydrogen) atoms. The zero-order chi connectivity index (χ0) is 14.8. The lowest BCUT2D eigenvalue weighted by Crippen LogP contribution is -2.18. The molecule has 1 aliphatic rings. The maximum atomic E-state index is 12.8. The Morgan fingerprint density at radius 1 is 1.35 bits per heavy atom. The van der Waals surface area contributed by atoms with Crippen molar-refractivity contribution in [2.45, 2.75) is 37.6 Å². The molecule has 3 nitrogen and oxygen atoms in total. The van der Waals surface area contributed by atoms with Crippen LogP contribution in [-0.2, 0) is 10.9 Å². The number of nitrogens with zero attached hydrogens (tertiary/aromatic N) is 1. The summed E-state index contributed by atoms with van der Waals surface area (Å²) >= 11 is 0. The number of benzene rings is 1. The zero-order valence-electron chi connectivity index (χ0n) is 11.0. The first-order chi connectivity index (χ1) is 9.44. The van der Waals surface area contributed by atoms with Gasteiger partial charge in [-0.3, -0.25) is 0 Å². The Hall–Kier alpha value is -1.74. The van der Waals surface area contributed by atoms with E-state index in [4.69, 9.17) is 10.00 Å². The van der Waals surface area contributed by atoms with E-state index in [-0.39, 0.29) is 17.7 Å². The lowest BCUT2D eigenvalue weighted by molar-refractivity contribution is -0.137. The number of nitriles is 1. The van der Waals surface area contributed by atoms with Crippen LogP contribution >= 0.6 is 0 Å². The Kier molecular flexibility index (Phi) is 4.19. The third-order valence-electron chi connectivity index (χ3n) is 3.53. The van der Waals surface area contributed by atoms with E-state index >= 15 is 0 Å². The van der Waals surface area contributed by atoms with Gasteiger partial charge in [0.1, 0.15) is 0 Å². The van der Waals surface area contributed by atoms with Crippen LogP contribution in [-0.4, -0.2) is 19.3 Å². The molecule has 1 aliphatic carbocycles. The van der Waals surface area contributed by atoms with E-state index in [1.807, 2.05) is 0 Å². The fourth-order valence-electron chi connectivity index (χ4n) is 2.49. The number of hydrogen-bond donors (Lipinski definition) is 1. The summed E-state index contributed by atoms with van der Waals surface area (Å²) in [6, 6.07) is 5.39. The molecule has 0 saturated heterocycles. The van der Waals surface area contributed by atoms with Crippen LogP contribution in [0.1, 0.15) is 30.4 Å². The molecule has 1 aromatic carbocycles. The van der Waals surface area contributed by atoms with E-state index in [2.05, 4.69) is 5.32 Å². The first-order valence-corrected chi connectivity index (χ1v) is 6.34. The Balaban J connectivity index is 2.16. The highest BCUT2D eigenvalue weighted by atomic mass is 19.4. The van der Waals surface area contributed by atoms with Crippen molar-refractivity contribution in [1.29, 1.82) is 5.26 Å². The van der Waals surface area contributed by atoms with Crippen molar-refractivity contribution in [2.75, 3.05) is 12.4 Å². The van der Waals surface area contributed by atoms with E-state index < -0.39 is 11.7 Å². The highest BCUT2D eigenvalue weighted by Crippen LogP contribution is 2.34. The summed E-state index contributed by atoms with van der Waals surface area (Å²) < 4.78 is 43.8. The standard InChI is InChI=1S/C14H15F3N2O/c1-20-12-5-4-10(6-12)19-11-3-2-9(8-18)13(7-11)14(15,16)17/h2-3,7,10,12,19H,4-6H2,1H3. The van der Waals surface area contributed by atoms with E-state index in [9.17, 15) is 13.2 Å². The van der Waals surface area contributed by atoms with Crippen molar-refractivity contribution in [3.8, 4) is 6.07 Å². The SMILES string of the molecule is COC1CCC(Nc2ccc(C#N)c(C(F)(F)F)c2)C1. The van der Waals surface area contributed by atoms with Gasteiger partial charge in [-0.05, 0) is 37.5 Å². The molecule has 0 aromatic heterocycles. The van der Waals surface area contributed by atoms with Gasteiger partial charge < -0.3 is 10.1 Å². The summed E-state index contributed by atoms with van der Waals surface area (Å²) in [6.45, 7) is 0. The van der Waals surface area contributed by atoms with Gasteiger partial charge in [0.05, 0.1) is 23.3 Å². The van der Waals surface area contributed by atoms with Crippen LogP contribution in [0.25, 0.3) is 0 Å². The van der Waals surface area contributed by atoms with Crippen molar-refractivity contribution in [3.05, 3.63) is 29.3 Å². The lowest BCUT2D eigenvalue weighted by atomic mass is 10.1. The predicted octanol–water partition coefficient (Wildman–Crippen LogP) is 3.56. The second-order valence-electron chi connectivity index (χ2n) is 4.88. The quantitative estimate of drug-likeness (QED) is 0.923. The van der Waals surface area contributed by atoms with Crippen LogP contribution in [0.2, 0.25) is 0 Å². The normalized spacial score (nSPS) is 22.6. The second-order valence-corrected chi connectivity index (χ2v) is 4.88. The maximum Gasteiger partial charge on any atom is 0.417 e. The first-order valence-electron chi connectivity index (χ1n) is 6.34. The van der Waals surface area contributed by atoms with Crippen LogP contribution in [0, 0.1) is 11.3 Å². The molecule has 108 valence electrons. The van der Waals surface area contributed by atoms with Gasteiger partial charge in [-0.15, -0.1) is 0 Å². The molecular weight excluding hydrogens is 269 g/mol. The minimum Gasteiger partial charge on any atom is -0.382 e. The number of hydrogen-bond acceptors (Lipinski definition) is 3. The van der Waals surface area contributed by atoms with E-state index in [1.165, 1.54) is 12.1 Å². The molecule has 0 bridgehead atoms. The highest BCUT2D eigenvalue weighted by Gasteiger charge is 2.34. The smallest absolute Gasteiger partial charge is 0.382 e. The molecule has 0 amide bonds. The van der Waals surface area contributed by atoms with Crippen LogP contribution in [0.15, 0.2) is 18.2 Å². The Morgan fingerprint density at radius 2 is 2.10 bits per heavy atom. The molecule has 1 N–H and O–H groups in total. The topological polar surface area (TPSA) is 45.0 Å². The highest BCUT2D eigenvalue weighted by molar-refractivity contribution is 5.53. The van der Waals surface area contributed by atoms with E-state index in [0.29, 0.717) is 5.69 Å². The number of halogens is 3. The average molecular weight is 284 g/mol. The summed E-state index contributed by atoms with van der Waals surface area (Å²) in [5.74, 6) is 0. The number of methoxy groups -OCH3 is 1. The number of anilines is 1. The molecule has 0 aliphatic heterocycles. The molecule has 1 saturated carbocycles. The Morgan fingerprint density at radius 3 is 2.65 bits per heavy atom. The predicted molar refractivity (Wildman–Crippen MR) is 68.2 cm³/mol. The number of ether oxygens (including phenoxy) is 1. The third kappa shape index (κ3) is 3.23. The largest absolute Gasteiger partial charge is 0.417 e. The summed E-state index contributed by atoms with van der Waals surface area (Å²) in [5.41, 5.74) is -0.867. The average Bonchev–Trinajstić information content (AvgIpc) is 2.85. The number of rotatable bonds is 3. The van der Waals surface area contributed by atoms with Gasteiger partial charge in [0.15, 0.2) is 0 Å². The summed E-state index contributed by atoms with van der Waals surface area (Å²) in [7, 11) is 1.64. The third-order valence-corrected chi connectivity index (χ3v) is 3.53. The van der Waals surface area contributed by atoms with E-state index in [0.717, 1.165) is 25.3 Å². The zero-order valence-corrected chi connectivity index (χ0v) is 11.0. The van der Waals surface area contributed by atoms with Crippen LogP contribution in [0.5, 0.6) is 0 Å². The molecule has 2 atom stereocenters. The molecule has 0 spiro atoms. The van der Waals surface area contributed by atoms with Gasteiger partial charge in [-0.1, -0.05) is 0 Å². The van der Waals surface area contributed by atoms with Crippen molar-refractivity contribution in [2.24, 2.45) is 0 Å². The summed E-state index contributed by atoms with van der Waals surface area (Å²) in [5, 5.41) is 11.8. The van der Waals surface area contributed by atoms with Crippen LogP contribution in [0.3, 0.4) is 0 Å². The minimum atomic E-state index is -4.52. The maximum absolute atomic E-state index is 12.8. The first kappa shape index (κ1) is 14.7. The molecule has 0 heterocycles. The van der Waals surface area contributed by atoms with Gasteiger partial charge in [0.2, 0.25) is 0 Å². The summed E-state index contributed by atoms with van der Waals surface area (Å²) in [4.78, 5) is 0. The fourth-order valence-corrected chi connectivity index (χ4v) is 2.49. The Labute approximate surface area is 115 Å². The van der Waals surface area contributed by atoms with E-state index in [1.54, 1.807) is 13.2 Å². The van der Waals surface area contributed by atoms with Crippen molar-refractivity contribution in [3.63, 3.8) is 0 Å². The molecule has 6 heteroatoms. The van der Waals surface area contributed by atoms with Gasteiger partial charge in [-0.25, -0.2) is 0 Å². The minimum absolute atomic E-state index is 0.106. The molecule has 2 unspecified atom stereocenters. The van der Waals surface area contributed by atoms with Gasteiger partial charge in [0.25, 0.3) is 0 Å². The van der Waals surface area contributed by atoms with Gasteiger partial charge >= 0.3 is 6.18 Å². The van der Waals surface area contributed by atoms with Gasteiger partial charge in [-0.2, -0.15) is 18.4 Å². The number of nitrogens with one attached hydrogen (secondary N) is 1. The van der Waals surface area contributed by atoms with Crippen LogP contribution in [0.4, 0.5) is 18.9 Å². The number of alkyl halides is 3. The van der Waals surface area contributed by atoms with Crippen LogP contribution < -0.4 is 5.32 Å². The van der Waals surface area contributed by atoms with Gasteiger partial charge in [0, 0.05) is 18.8 Å². The lowest BCUT2D eigenvalue weighted by Gasteiger charge is -2.16. The molecule has 1 aromatic rings. The monoisotopic (exact) mass is 284 g/mol. The fraction of sp³-hybridized carbons (Fsp3) is 0.500. The molecular formula is C14H15F3N2O. The second kappa shape index (κ2) is 5.71. The van der Waals surface area contributed by atoms with Crippen molar-refractivity contribution < 1.29 is 17.9 Å². The summed E-state index contributed by atoms with van der Waals surface area (Å²) in [6.07, 6.45) is -1.82. The molecule has 1 fully saturated rings. The van der Waals surface area contributed by atoms with Crippen molar-refractivity contribution in [1.82, 2.24) is 0 Å². The molecule has 2 rings (SSSR count). The van der Waals surface area contributed by atoms with Crippen molar-refractivity contribution >= 4 is 5.69 Å². The Bertz CT molecular complexity index is 522.